The molecule has 0 aromatic heterocycles. The predicted molar refractivity (Wildman–Crippen MR) is 41.3 cm³/mol. The SMILES string of the molecule is C=C(C)CC(C)C1CC1. The minimum atomic E-state index is 0.905. The molecule has 1 saturated carbocycles. The van der Waals surface area contributed by atoms with Crippen LogP contribution < -0.4 is 0 Å². The lowest BCUT2D eigenvalue weighted by Gasteiger charge is -2.07. The summed E-state index contributed by atoms with van der Waals surface area (Å²) in [6, 6.07) is 0. The highest BCUT2D eigenvalue weighted by molar-refractivity contribution is 4.93. The summed E-state index contributed by atoms with van der Waals surface area (Å²) in [5, 5.41) is 0. The molecule has 0 N–H and O–H groups in total. The molecule has 9 heavy (non-hydrogen) atoms. The van der Waals surface area contributed by atoms with Gasteiger partial charge in [-0.05, 0) is 38.0 Å². The van der Waals surface area contributed by atoms with Crippen LogP contribution in [0.5, 0.6) is 0 Å². The topological polar surface area (TPSA) is 0 Å². The average Bonchev–Trinajstić information content (AvgIpc) is 2.40. The summed E-state index contributed by atoms with van der Waals surface area (Å²) in [6.07, 6.45) is 4.17. The van der Waals surface area contributed by atoms with Crippen LogP contribution in [0.25, 0.3) is 0 Å². The van der Waals surface area contributed by atoms with Crippen LogP contribution in [-0.2, 0) is 0 Å². The Labute approximate surface area is 58.0 Å². The Morgan fingerprint density at radius 1 is 1.67 bits per heavy atom. The average molecular weight is 124 g/mol. The van der Waals surface area contributed by atoms with Crippen LogP contribution in [0.1, 0.15) is 33.1 Å². The molecule has 0 heteroatoms. The van der Waals surface area contributed by atoms with Gasteiger partial charge >= 0.3 is 0 Å². The Balaban J connectivity index is 2.17. The number of hydrogen-bond donors (Lipinski definition) is 0. The summed E-state index contributed by atoms with van der Waals surface area (Å²) in [5.74, 6) is 1.95. The van der Waals surface area contributed by atoms with Crippen molar-refractivity contribution in [1.29, 1.82) is 0 Å². The van der Waals surface area contributed by atoms with Gasteiger partial charge in [0.25, 0.3) is 0 Å². The second-order valence-electron chi connectivity index (χ2n) is 3.48. The summed E-state index contributed by atoms with van der Waals surface area (Å²) in [5.41, 5.74) is 1.34. The fourth-order valence-corrected chi connectivity index (χ4v) is 1.38. The van der Waals surface area contributed by atoms with Gasteiger partial charge in [0.2, 0.25) is 0 Å². The van der Waals surface area contributed by atoms with Crippen LogP contribution in [0.2, 0.25) is 0 Å². The maximum absolute atomic E-state index is 3.91. The lowest BCUT2D eigenvalue weighted by Crippen LogP contribution is -1.96. The fourth-order valence-electron chi connectivity index (χ4n) is 1.38. The largest absolute Gasteiger partial charge is 0.100 e. The highest BCUT2D eigenvalue weighted by Crippen LogP contribution is 2.38. The van der Waals surface area contributed by atoms with Gasteiger partial charge in [-0.15, -0.1) is 6.58 Å². The zero-order chi connectivity index (χ0) is 6.85. The van der Waals surface area contributed by atoms with Gasteiger partial charge in [0, 0.05) is 0 Å². The Hall–Kier alpha value is -0.260. The van der Waals surface area contributed by atoms with Crippen molar-refractivity contribution in [3.63, 3.8) is 0 Å². The second kappa shape index (κ2) is 2.55. The highest BCUT2D eigenvalue weighted by Gasteiger charge is 2.27. The molecule has 0 bridgehead atoms. The van der Waals surface area contributed by atoms with Gasteiger partial charge in [0.15, 0.2) is 0 Å². The molecule has 0 spiro atoms. The summed E-state index contributed by atoms with van der Waals surface area (Å²) in [7, 11) is 0. The molecule has 0 aromatic rings. The first-order valence-corrected chi connectivity index (χ1v) is 3.84. The minimum Gasteiger partial charge on any atom is -0.100 e. The van der Waals surface area contributed by atoms with Gasteiger partial charge in [-0.1, -0.05) is 12.5 Å². The molecule has 0 aliphatic heterocycles. The number of rotatable bonds is 3. The van der Waals surface area contributed by atoms with E-state index in [4.69, 9.17) is 0 Å². The molecule has 0 saturated heterocycles. The third-order valence-corrected chi connectivity index (χ3v) is 2.10. The maximum Gasteiger partial charge on any atom is -0.0297 e. The van der Waals surface area contributed by atoms with Gasteiger partial charge in [-0.2, -0.15) is 0 Å². The van der Waals surface area contributed by atoms with E-state index in [1.807, 2.05) is 0 Å². The van der Waals surface area contributed by atoms with Crippen molar-refractivity contribution in [1.82, 2.24) is 0 Å². The third kappa shape index (κ3) is 2.21. The van der Waals surface area contributed by atoms with E-state index in [1.54, 1.807) is 0 Å². The van der Waals surface area contributed by atoms with Crippen molar-refractivity contribution < 1.29 is 0 Å². The Kier molecular flexibility index (Phi) is 1.94. The first-order chi connectivity index (χ1) is 4.20. The maximum atomic E-state index is 3.91. The minimum absolute atomic E-state index is 0.905. The van der Waals surface area contributed by atoms with Gasteiger partial charge in [0.05, 0.1) is 0 Å². The zero-order valence-electron chi connectivity index (χ0n) is 6.48. The van der Waals surface area contributed by atoms with Gasteiger partial charge < -0.3 is 0 Å². The van der Waals surface area contributed by atoms with Gasteiger partial charge in [-0.3, -0.25) is 0 Å². The van der Waals surface area contributed by atoms with Crippen molar-refractivity contribution in [2.45, 2.75) is 33.1 Å². The van der Waals surface area contributed by atoms with Crippen LogP contribution in [0.15, 0.2) is 12.2 Å². The molecular weight excluding hydrogens is 108 g/mol. The van der Waals surface area contributed by atoms with E-state index in [1.165, 1.54) is 24.8 Å². The Morgan fingerprint density at radius 2 is 2.22 bits per heavy atom. The Morgan fingerprint density at radius 3 is 2.56 bits per heavy atom. The summed E-state index contributed by atoms with van der Waals surface area (Å²) >= 11 is 0. The number of allylic oxidation sites excluding steroid dienone is 1. The predicted octanol–water partition coefficient (Wildman–Crippen LogP) is 3.00. The third-order valence-electron chi connectivity index (χ3n) is 2.10. The van der Waals surface area contributed by atoms with E-state index >= 15 is 0 Å². The first-order valence-electron chi connectivity index (χ1n) is 3.84. The normalized spacial score (nSPS) is 21.6. The summed E-state index contributed by atoms with van der Waals surface area (Å²) in [6.45, 7) is 8.37. The Bertz CT molecular complexity index is 109. The molecule has 0 radical (unpaired) electrons. The van der Waals surface area contributed by atoms with Crippen molar-refractivity contribution in [2.24, 2.45) is 11.8 Å². The molecule has 0 heterocycles. The quantitative estimate of drug-likeness (QED) is 0.507. The van der Waals surface area contributed by atoms with Crippen molar-refractivity contribution in [2.75, 3.05) is 0 Å². The van der Waals surface area contributed by atoms with Crippen molar-refractivity contribution in [3.05, 3.63) is 12.2 Å². The van der Waals surface area contributed by atoms with E-state index in [-0.39, 0.29) is 0 Å². The molecule has 52 valence electrons. The standard InChI is InChI=1S/C9H16/c1-7(2)6-8(3)9-4-5-9/h8-9H,1,4-6H2,2-3H3. The van der Waals surface area contributed by atoms with Crippen LogP contribution in [-0.4, -0.2) is 0 Å². The molecule has 1 unspecified atom stereocenters. The van der Waals surface area contributed by atoms with Crippen LogP contribution in [0.3, 0.4) is 0 Å². The monoisotopic (exact) mass is 124 g/mol. The molecular formula is C9H16. The van der Waals surface area contributed by atoms with Crippen molar-refractivity contribution >= 4 is 0 Å². The molecule has 1 rings (SSSR count). The van der Waals surface area contributed by atoms with Gasteiger partial charge in [-0.25, -0.2) is 0 Å². The molecule has 1 aliphatic rings. The highest BCUT2D eigenvalue weighted by atomic mass is 14.3. The van der Waals surface area contributed by atoms with E-state index in [9.17, 15) is 0 Å². The summed E-state index contributed by atoms with van der Waals surface area (Å²) < 4.78 is 0. The van der Waals surface area contributed by atoms with E-state index in [0.717, 1.165) is 11.8 Å². The van der Waals surface area contributed by atoms with E-state index in [0.29, 0.717) is 0 Å². The lowest BCUT2D eigenvalue weighted by molar-refractivity contribution is 0.505. The molecule has 1 fully saturated rings. The lowest BCUT2D eigenvalue weighted by atomic mass is 9.99. The van der Waals surface area contributed by atoms with Crippen LogP contribution >= 0.6 is 0 Å². The molecule has 0 amide bonds. The van der Waals surface area contributed by atoms with Crippen LogP contribution in [0, 0.1) is 11.8 Å². The van der Waals surface area contributed by atoms with Gasteiger partial charge in [0.1, 0.15) is 0 Å². The summed E-state index contributed by atoms with van der Waals surface area (Å²) in [4.78, 5) is 0. The molecule has 1 atom stereocenters. The van der Waals surface area contributed by atoms with Crippen molar-refractivity contribution in [3.8, 4) is 0 Å². The van der Waals surface area contributed by atoms with E-state index < -0.39 is 0 Å². The molecule has 0 nitrogen and oxygen atoms in total. The van der Waals surface area contributed by atoms with E-state index in [2.05, 4.69) is 20.4 Å². The fraction of sp³-hybridized carbons (Fsp3) is 0.778. The molecule has 0 aromatic carbocycles. The first kappa shape index (κ1) is 6.85. The van der Waals surface area contributed by atoms with Crippen LogP contribution in [0.4, 0.5) is 0 Å². The molecule has 1 aliphatic carbocycles. The second-order valence-corrected chi connectivity index (χ2v) is 3.48. The number of hydrogen-bond acceptors (Lipinski definition) is 0. The smallest absolute Gasteiger partial charge is 0.0297 e. The zero-order valence-corrected chi connectivity index (χ0v) is 6.48.